The van der Waals surface area contributed by atoms with Crippen molar-refractivity contribution in [1.82, 2.24) is 0 Å². The molecule has 0 radical (unpaired) electrons. The van der Waals surface area contributed by atoms with Crippen LogP contribution in [0.5, 0.6) is 0 Å². The van der Waals surface area contributed by atoms with Crippen LogP contribution >= 0.6 is 0 Å². The van der Waals surface area contributed by atoms with E-state index in [2.05, 4.69) is 5.32 Å². The van der Waals surface area contributed by atoms with Gasteiger partial charge in [0.15, 0.2) is 5.76 Å². The van der Waals surface area contributed by atoms with Crippen molar-refractivity contribution in [2.75, 3.05) is 5.32 Å². The first-order valence-electron chi connectivity index (χ1n) is 5.69. The number of nitrogens with zero attached hydrogens (tertiary/aromatic N) is 2. The second-order valence-corrected chi connectivity index (χ2v) is 4.11. The van der Waals surface area contributed by atoms with Crippen LogP contribution in [0.15, 0.2) is 34.7 Å². The molecule has 2 aromatic rings. The van der Waals surface area contributed by atoms with E-state index in [-0.39, 0.29) is 17.1 Å². The maximum absolute atomic E-state index is 11.9. The van der Waals surface area contributed by atoms with Gasteiger partial charge >= 0.3 is 5.88 Å². The number of hydrogen-bond donors (Lipinski definition) is 1. The smallest absolute Gasteiger partial charge is 0.395 e. The van der Waals surface area contributed by atoms with Gasteiger partial charge in [-0.05, 0) is 18.6 Å². The van der Waals surface area contributed by atoms with Crippen LogP contribution in [0.2, 0.25) is 0 Å². The van der Waals surface area contributed by atoms with E-state index < -0.39 is 21.6 Å². The van der Waals surface area contributed by atoms with Crippen LogP contribution in [0.1, 0.15) is 16.1 Å². The van der Waals surface area contributed by atoms with Gasteiger partial charge in [0, 0.05) is 12.1 Å². The van der Waals surface area contributed by atoms with Crippen molar-refractivity contribution in [3.63, 3.8) is 0 Å². The highest BCUT2D eigenvalue weighted by atomic mass is 16.6. The number of aryl methyl sites for hydroxylation is 1. The molecular formula is C12H9N3O6. The number of nitro groups is 2. The lowest BCUT2D eigenvalue weighted by molar-refractivity contribution is -0.402. The summed E-state index contributed by atoms with van der Waals surface area (Å²) in [5.41, 5.74) is 0.657. The van der Waals surface area contributed by atoms with Gasteiger partial charge in [0.25, 0.3) is 11.6 Å². The molecule has 1 aromatic heterocycles. The van der Waals surface area contributed by atoms with Gasteiger partial charge in [0.1, 0.15) is 4.92 Å². The zero-order valence-corrected chi connectivity index (χ0v) is 10.7. The minimum absolute atomic E-state index is 0.179. The van der Waals surface area contributed by atoms with Crippen molar-refractivity contribution in [2.45, 2.75) is 6.92 Å². The molecule has 0 atom stereocenters. The molecule has 0 aliphatic heterocycles. The van der Waals surface area contributed by atoms with Crippen molar-refractivity contribution >= 4 is 23.2 Å². The van der Waals surface area contributed by atoms with Gasteiger partial charge in [-0.25, -0.2) is 0 Å². The molecule has 0 fully saturated rings. The second kappa shape index (κ2) is 5.41. The van der Waals surface area contributed by atoms with E-state index in [1.807, 2.05) is 0 Å². The first-order valence-corrected chi connectivity index (χ1v) is 5.69. The number of nitro benzene ring substituents is 1. The Labute approximate surface area is 117 Å². The number of benzene rings is 1. The van der Waals surface area contributed by atoms with E-state index in [0.717, 1.165) is 12.1 Å². The summed E-state index contributed by atoms with van der Waals surface area (Å²) in [5.74, 6) is -1.55. The van der Waals surface area contributed by atoms with Crippen LogP contribution in [-0.2, 0) is 0 Å². The molecule has 0 saturated carbocycles. The van der Waals surface area contributed by atoms with Crippen molar-refractivity contribution in [2.24, 2.45) is 0 Å². The zero-order chi connectivity index (χ0) is 15.6. The SMILES string of the molecule is Cc1ccc([N+](=O)[O-])cc1NC(=O)c1ccc([N+](=O)[O-])o1. The standard InChI is InChI=1S/C12H9N3O6/c1-7-2-3-8(14(17)18)6-9(7)13-12(16)10-4-5-11(21-10)15(19)20/h2-6H,1H3,(H,13,16). The molecule has 0 bridgehead atoms. The third kappa shape index (κ3) is 3.03. The fraction of sp³-hybridized carbons (Fsp3) is 0.0833. The van der Waals surface area contributed by atoms with Crippen LogP contribution in [-0.4, -0.2) is 15.8 Å². The van der Waals surface area contributed by atoms with Crippen molar-refractivity contribution in [1.29, 1.82) is 0 Å². The minimum atomic E-state index is -0.768. The summed E-state index contributed by atoms with van der Waals surface area (Å²) in [6, 6.07) is 6.20. The van der Waals surface area contributed by atoms with Crippen molar-refractivity contribution in [3.05, 3.63) is 61.9 Å². The molecule has 1 aromatic carbocycles. The Kier molecular flexibility index (Phi) is 3.65. The van der Waals surface area contributed by atoms with Crippen LogP contribution in [0.4, 0.5) is 17.3 Å². The lowest BCUT2D eigenvalue weighted by atomic mass is 10.2. The number of amides is 1. The average Bonchev–Trinajstić information content (AvgIpc) is 2.90. The Morgan fingerprint density at radius 1 is 1.14 bits per heavy atom. The van der Waals surface area contributed by atoms with Gasteiger partial charge in [-0.15, -0.1) is 0 Å². The Morgan fingerprint density at radius 2 is 1.86 bits per heavy atom. The molecule has 0 aliphatic rings. The summed E-state index contributed by atoms with van der Waals surface area (Å²) in [4.78, 5) is 31.7. The molecule has 21 heavy (non-hydrogen) atoms. The molecule has 0 spiro atoms. The highest BCUT2D eigenvalue weighted by molar-refractivity contribution is 6.03. The predicted molar refractivity (Wildman–Crippen MR) is 71.1 cm³/mol. The Bertz CT molecular complexity index is 736. The molecule has 9 nitrogen and oxygen atoms in total. The first kappa shape index (κ1) is 14.2. The summed E-state index contributed by atoms with van der Waals surface area (Å²) < 4.78 is 4.75. The number of non-ortho nitro benzene ring substituents is 1. The van der Waals surface area contributed by atoms with Crippen molar-refractivity contribution < 1.29 is 19.1 Å². The van der Waals surface area contributed by atoms with Crippen LogP contribution in [0.3, 0.4) is 0 Å². The Morgan fingerprint density at radius 3 is 2.43 bits per heavy atom. The number of rotatable bonds is 4. The number of anilines is 1. The maximum Gasteiger partial charge on any atom is 0.433 e. The molecule has 0 aliphatic carbocycles. The largest absolute Gasteiger partial charge is 0.433 e. The number of nitrogens with one attached hydrogen (secondary N) is 1. The van der Waals surface area contributed by atoms with E-state index in [4.69, 9.17) is 4.42 Å². The normalized spacial score (nSPS) is 10.1. The summed E-state index contributed by atoms with van der Waals surface area (Å²) in [6.45, 7) is 1.66. The first-order chi connectivity index (χ1) is 9.88. The van der Waals surface area contributed by atoms with Gasteiger partial charge in [0.05, 0.1) is 16.7 Å². The fourth-order valence-electron chi connectivity index (χ4n) is 1.59. The minimum Gasteiger partial charge on any atom is -0.395 e. The molecule has 1 heterocycles. The predicted octanol–water partition coefficient (Wildman–Crippen LogP) is 2.66. The Balaban J connectivity index is 2.24. The van der Waals surface area contributed by atoms with E-state index in [1.54, 1.807) is 6.92 Å². The monoisotopic (exact) mass is 291 g/mol. The number of furan rings is 1. The van der Waals surface area contributed by atoms with E-state index in [9.17, 15) is 25.0 Å². The number of hydrogen-bond acceptors (Lipinski definition) is 6. The average molecular weight is 291 g/mol. The summed E-state index contributed by atoms with van der Waals surface area (Å²) in [5, 5.41) is 23.6. The molecule has 1 amide bonds. The Hall–Kier alpha value is -3.23. The lowest BCUT2D eigenvalue weighted by Gasteiger charge is -2.06. The van der Waals surface area contributed by atoms with Gasteiger partial charge in [-0.3, -0.25) is 25.0 Å². The van der Waals surface area contributed by atoms with Gasteiger partial charge in [-0.2, -0.15) is 0 Å². The second-order valence-electron chi connectivity index (χ2n) is 4.11. The number of carbonyl (C=O) groups is 1. The molecule has 9 heteroatoms. The zero-order valence-electron chi connectivity index (χ0n) is 10.7. The molecule has 0 saturated heterocycles. The van der Waals surface area contributed by atoms with Gasteiger partial charge < -0.3 is 9.73 Å². The number of carbonyl (C=O) groups excluding carboxylic acids is 1. The van der Waals surface area contributed by atoms with Gasteiger partial charge in [0.2, 0.25) is 0 Å². The van der Waals surface area contributed by atoms with E-state index in [0.29, 0.717) is 5.56 Å². The van der Waals surface area contributed by atoms with Crippen LogP contribution in [0.25, 0.3) is 0 Å². The summed E-state index contributed by atoms with van der Waals surface area (Å²) >= 11 is 0. The highest BCUT2D eigenvalue weighted by Gasteiger charge is 2.18. The third-order valence-corrected chi connectivity index (χ3v) is 2.68. The van der Waals surface area contributed by atoms with Gasteiger partial charge in [-0.1, -0.05) is 6.07 Å². The lowest BCUT2D eigenvalue weighted by Crippen LogP contribution is -2.12. The molecule has 108 valence electrons. The molecule has 2 rings (SSSR count). The van der Waals surface area contributed by atoms with E-state index >= 15 is 0 Å². The highest BCUT2D eigenvalue weighted by Crippen LogP contribution is 2.23. The quantitative estimate of drug-likeness (QED) is 0.681. The third-order valence-electron chi connectivity index (χ3n) is 2.68. The summed E-state index contributed by atoms with van der Waals surface area (Å²) in [6.07, 6.45) is 0. The molecular weight excluding hydrogens is 282 g/mol. The topological polar surface area (TPSA) is 129 Å². The molecule has 0 unspecified atom stereocenters. The maximum atomic E-state index is 11.9. The van der Waals surface area contributed by atoms with Crippen LogP contribution < -0.4 is 5.32 Å². The molecule has 1 N–H and O–H groups in total. The fourth-order valence-corrected chi connectivity index (χ4v) is 1.59. The van der Waals surface area contributed by atoms with Crippen molar-refractivity contribution in [3.8, 4) is 0 Å². The van der Waals surface area contributed by atoms with E-state index in [1.165, 1.54) is 18.2 Å². The summed E-state index contributed by atoms with van der Waals surface area (Å²) in [7, 11) is 0. The van der Waals surface area contributed by atoms with Crippen LogP contribution in [0, 0.1) is 27.2 Å².